The first-order valence-corrected chi connectivity index (χ1v) is 10.3. The summed E-state index contributed by atoms with van der Waals surface area (Å²) < 4.78 is 24.8. The summed E-state index contributed by atoms with van der Waals surface area (Å²) in [5.74, 6) is 0.0354. The minimum Gasteiger partial charge on any atom is -0.369 e. The van der Waals surface area contributed by atoms with E-state index in [0.29, 0.717) is 17.8 Å². The summed E-state index contributed by atoms with van der Waals surface area (Å²) in [6.45, 7) is 3.75. The number of nitrogens with one attached hydrogen (secondary N) is 1. The molecule has 0 spiro atoms. The van der Waals surface area contributed by atoms with E-state index in [0.717, 1.165) is 38.1 Å². The van der Waals surface area contributed by atoms with Gasteiger partial charge in [0.15, 0.2) is 5.78 Å². The molecule has 0 aliphatic carbocycles. The number of ketones is 1. The summed E-state index contributed by atoms with van der Waals surface area (Å²) in [7, 11) is -3.31. The Bertz CT molecular complexity index is 846. The molecule has 8 heteroatoms. The Hall–Kier alpha value is -2.45. The first-order chi connectivity index (χ1) is 12.4. The van der Waals surface area contributed by atoms with Crippen molar-refractivity contribution in [2.75, 3.05) is 48.6 Å². The monoisotopic (exact) mass is 374 g/mol. The Balaban J connectivity index is 1.53. The topological polar surface area (TPSA) is 82.6 Å². The van der Waals surface area contributed by atoms with Crippen LogP contribution in [0.1, 0.15) is 10.4 Å². The Morgan fingerprint density at radius 3 is 2.23 bits per heavy atom. The molecule has 1 saturated heterocycles. The predicted octanol–water partition coefficient (Wildman–Crippen LogP) is 1.46. The summed E-state index contributed by atoms with van der Waals surface area (Å²) in [6.07, 6.45) is 4.67. The van der Waals surface area contributed by atoms with Crippen molar-refractivity contribution in [2.45, 2.75) is 0 Å². The highest BCUT2D eigenvalue weighted by atomic mass is 32.2. The highest BCUT2D eigenvalue weighted by Gasteiger charge is 2.19. The maximum atomic E-state index is 12.5. The fourth-order valence-corrected chi connectivity index (χ4v) is 3.52. The lowest BCUT2D eigenvalue weighted by Gasteiger charge is -2.35. The van der Waals surface area contributed by atoms with E-state index in [1.54, 1.807) is 36.7 Å². The van der Waals surface area contributed by atoms with E-state index in [2.05, 4.69) is 19.5 Å². The molecular weight excluding hydrogens is 352 g/mol. The number of aromatic nitrogens is 1. The van der Waals surface area contributed by atoms with E-state index < -0.39 is 10.0 Å². The molecule has 0 unspecified atom stereocenters. The number of benzene rings is 1. The number of piperazine rings is 1. The maximum Gasteiger partial charge on any atom is 0.229 e. The van der Waals surface area contributed by atoms with Crippen LogP contribution in [0.2, 0.25) is 0 Å². The van der Waals surface area contributed by atoms with Gasteiger partial charge in [0.25, 0.3) is 0 Å². The molecule has 2 aromatic rings. The Kier molecular flexibility index (Phi) is 5.53. The predicted molar refractivity (Wildman–Crippen MR) is 102 cm³/mol. The van der Waals surface area contributed by atoms with Crippen molar-refractivity contribution >= 4 is 27.2 Å². The molecule has 0 bridgehead atoms. The van der Waals surface area contributed by atoms with Crippen molar-refractivity contribution in [3.8, 4) is 0 Å². The van der Waals surface area contributed by atoms with Gasteiger partial charge >= 0.3 is 0 Å². The summed E-state index contributed by atoms with van der Waals surface area (Å²) >= 11 is 0. The van der Waals surface area contributed by atoms with Gasteiger partial charge in [0.2, 0.25) is 10.0 Å². The van der Waals surface area contributed by atoms with E-state index in [-0.39, 0.29) is 5.78 Å². The first-order valence-electron chi connectivity index (χ1n) is 8.39. The molecule has 1 N–H and O–H groups in total. The summed E-state index contributed by atoms with van der Waals surface area (Å²) in [4.78, 5) is 20.9. The van der Waals surface area contributed by atoms with Gasteiger partial charge in [0.05, 0.1) is 12.8 Å². The van der Waals surface area contributed by atoms with Crippen LogP contribution in [-0.2, 0) is 10.0 Å². The molecule has 26 heavy (non-hydrogen) atoms. The van der Waals surface area contributed by atoms with E-state index in [9.17, 15) is 13.2 Å². The molecule has 0 radical (unpaired) electrons. The van der Waals surface area contributed by atoms with E-state index >= 15 is 0 Å². The highest BCUT2D eigenvalue weighted by molar-refractivity contribution is 7.92. The number of carbonyl (C=O) groups excluding carboxylic acids is 1. The van der Waals surface area contributed by atoms with Crippen LogP contribution in [0.3, 0.4) is 0 Å². The molecule has 3 rings (SSSR count). The lowest BCUT2D eigenvalue weighted by molar-refractivity contribution is 0.0926. The van der Waals surface area contributed by atoms with E-state index in [1.165, 1.54) is 0 Å². The molecule has 1 fully saturated rings. The molecular formula is C18H22N4O3S. The van der Waals surface area contributed by atoms with Crippen molar-refractivity contribution in [3.05, 3.63) is 54.4 Å². The standard InChI is InChI=1S/C18H22N4O3S/c1-26(24,25)20-16-4-2-15(3-5-16)18(23)14-21-10-12-22(13-11-21)17-6-8-19-9-7-17/h2-9,20H,10-14H2,1H3. The first kappa shape index (κ1) is 18.3. The number of rotatable bonds is 6. The number of hydrogen-bond acceptors (Lipinski definition) is 6. The van der Waals surface area contributed by atoms with Gasteiger partial charge in [-0.3, -0.25) is 19.4 Å². The Labute approximate surface area is 153 Å². The Morgan fingerprint density at radius 1 is 1.04 bits per heavy atom. The zero-order chi connectivity index (χ0) is 18.6. The number of nitrogens with zero attached hydrogens (tertiary/aromatic N) is 3. The molecule has 0 atom stereocenters. The molecule has 1 aliphatic rings. The third kappa shape index (κ3) is 5.03. The van der Waals surface area contributed by atoms with Crippen LogP contribution in [0.4, 0.5) is 11.4 Å². The van der Waals surface area contributed by atoms with Gasteiger partial charge < -0.3 is 4.90 Å². The second kappa shape index (κ2) is 7.84. The minimum absolute atomic E-state index is 0.0354. The molecule has 1 aromatic carbocycles. The summed E-state index contributed by atoms with van der Waals surface area (Å²) in [5, 5.41) is 0. The summed E-state index contributed by atoms with van der Waals surface area (Å²) in [6, 6.07) is 10.5. The van der Waals surface area contributed by atoms with Crippen LogP contribution in [0.15, 0.2) is 48.8 Å². The van der Waals surface area contributed by atoms with Crippen molar-refractivity contribution in [2.24, 2.45) is 0 Å². The van der Waals surface area contributed by atoms with Gasteiger partial charge in [-0.15, -0.1) is 0 Å². The zero-order valence-electron chi connectivity index (χ0n) is 14.6. The molecule has 0 amide bonds. The number of Topliss-reactive ketones (excluding diaryl/α,β-unsaturated/α-hetero) is 1. The van der Waals surface area contributed by atoms with Crippen LogP contribution < -0.4 is 9.62 Å². The third-order valence-corrected chi connectivity index (χ3v) is 4.88. The van der Waals surface area contributed by atoms with Crippen molar-refractivity contribution in [3.63, 3.8) is 0 Å². The van der Waals surface area contributed by atoms with Crippen LogP contribution in [0, 0.1) is 0 Å². The van der Waals surface area contributed by atoms with Crippen LogP contribution in [0.5, 0.6) is 0 Å². The number of sulfonamides is 1. The van der Waals surface area contributed by atoms with Crippen LogP contribution >= 0.6 is 0 Å². The molecule has 1 aliphatic heterocycles. The van der Waals surface area contributed by atoms with Gasteiger partial charge in [-0.25, -0.2) is 8.42 Å². The van der Waals surface area contributed by atoms with Gasteiger partial charge in [-0.05, 0) is 36.4 Å². The van der Waals surface area contributed by atoms with Gasteiger partial charge in [0.1, 0.15) is 0 Å². The van der Waals surface area contributed by atoms with E-state index in [1.807, 2.05) is 12.1 Å². The fourth-order valence-electron chi connectivity index (χ4n) is 2.95. The second-order valence-corrected chi connectivity index (χ2v) is 8.09. The third-order valence-electron chi connectivity index (χ3n) is 4.28. The van der Waals surface area contributed by atoms with Crippen LogP contribution in [-0.4, -0.2) is 63.1 Å². The van der Waals surface area contributed by atoms with Gasteiger partial charge in [0, 0.05) is 55.5 Å². The quantitative estimate of drug-likeness (QED) is 0.771. The average Bonchev–Trinajstić information content (AvgIpc) is 2.62. The highest BCUT2D eigenvalue weighted by Crippen LogP contribution is 2.16. The molecule has 7 nitrogen and oxygen atoms in total. The van der Waals surface area contributed by atoms with E-state index in [4.69, 9.17) is 0 Å². The van der Waals surface area contributed by atoms with Crippen LogP contribution in [0.25, 0.3) is 0 Å². The molecule has 0 saturated carbocycles. The second-order valence-electron chi connectivity index (χ2n) is 6.34. The minimum atomic E-state index is -3.31. The zero-order valence-corrected chi connectivity index (χ0v) is 15.4. The average molecular weight is 374 g/mol. The number of hydrogen-bond donors (Lipinski definition) is 1. The van der Waals surface area contributed by atoms with Crippen molar-refractivity contribution in [1.82, 2.24) is 9.88 Å². The number of anilines is 2. The lowest BCUT2D eigenvalue weighted by atomic mass is 10.1. The summed E-state index contributed by atoms with van der Waals surface area (Å²) in [5.41, 5.74) is 2.19. The maximum absolute atomic E-state index is 12.5. The number of carbonyl (C=O) groups is 1. The SMILES string of the molecule is CS(=O)(=O)Nc1ccc(C(=O)CN2CCN(c3ccncc3)CC2)cc1. The van der Waals surface area contributed by atoms with Crippen molar-refractivity contribution < 1.29 is 13.2 Å². The smallest absolute Gasteiger partial charge is 0.229 e. The Morgan fingerprint density at radius 2 is 1.65 bits per heavy atom. The fraction of sp³-hybridized carbons (Fsp3) is 0.333. The molecule has 2 heterocycles. The number of pyridine rings is 1. The normalized spacial score (nSPS) is 15.7. The van der Waals surface area contributed by atoms with Crippen molar-refractivity contribution in [1.29, 1.82) is 0 Å². The largest absolute Gasteiger partial charge is 0.369 e. The molecule has 1 aromatic heterocycles. The van der Waals surface area contributed by atoms with Gasteiger partial charge in [-0.1, -0.05) is 0 Å². The van der Waals surface area contributed by atoms with Gasteiger partial charge in [-0.2, -0.15) is 0 Å². The molecule has 138 valence electrons. The lowest BCUT2D eigenvalue weighted by Crippen LogP contribution is -2.48.